The number of rotatable bonds is 5. The molecule has 0 unspecified atom stereocenters. The van der Waals surface area contributed by atoms with E-state index in [0.717, 1.165) is 11.3 Å². The topological polar surface area (TPSA) is 76.2 Å². The number of nitrogens with one attached hydrogen (secondary N) is 1. The smallest absolute Gasteiger partial charge is 0.348 e. The van der Waals surface area contributed by atoms with Crippen LogP contribution in [-0.2, 0) is 4.74 Å². The summed E-state index contributed by atoms with van der Waals surface area (Å²) in [6.45, 7) is 4.46. The molecule has 5 nitrogen and oxygen atoms in total. The van der Waals surface area contributed by atoms with Gasteiger partial charge in [0.25, 0.3) is 0 Å². The van der Waals surface area contributed by atoms with Gasteiger partial charge in [-0.25, -0.2) is 4.79 Å². The van der Waals surface area contributed by atoms with Gasteiger partial charge in [0.1, 0.15) is 4.88 Å². The number of esters is 1. The lowest BCUT2D eigenvalue weighted by molar-refractivity contribution is 0.0478. The van der Waals surface area contributed by atoms with Crippen molar-refractivity contribution in [2.75, 3.05) is 6.61 Å². The minimum atomic E-state index is -0.599. The molecule has 0 spiro atoms. The zero-order chi connectivity index (χ0) is 16.4. The van der Waals surface area contributed by atoms with E-state index in [-0.39, 0.29) is 11.6 Å². The molecule has 2 aromatic rings. The number of aryl methyl sites for hydroxylation is 1. The van der Waals surface area contributed by atoms with Crippen molar-refractivity contribution >= 4 is 40.5 Å². The van der Waals surface area contributed by atoms with E-state index >= 15 is 0 Å². The SMILES string of the molecule is CC(=O)c1c(C)[nH]c(C(=O)COC(=O)c2ccc(Cl)s2)c1C. The minimum absolute atomic E-state index is 0.115. The molecule has 0 aromatic carbocycles. The number of carbonyl (C=O) groups is 3. The first-order valence-electron chi connectivity index (χ1n) is 6.47. The maximum Gasteiger partial charge on any atom is 0.348 e. The third-order valence-corrected chi connectivity index (χ3v) is 4.39. The normalized spacial score (nSPS) is 10.5. The number of halogens is 1. The van der Waals surface area contributed by atoms with Gasteiger partial charge in [-0.05, 0) is 38.5 Å². The van der Waals surface area contributed by atoms with Gasteiger partial charge in [0.15, 0.2) is 12.4 Å². The van der Waals surface area contributed by atoms with Gasteiger partial charge in [0, 0.05) is 11.3 Å². The van der Waals surface area contributed by atoms with E-state index in [1.54, 1.807) is 19.9 Å². The largest absolute Gasteiger partial charge is 0.453 e. The van der Waals surface area contributed by atoms with Gasteiger partial charge in [-0.1, -0.05) is 11.6 Å². The molecule has 0 aliphatic heterocycles. The summed E-state index contributed by atoms with van der Waals surface area (Å²) in [5, 5.41) is 0. The lowest BCUT2D eigenvalue weighted by atomic mass is 10.1. The molecule has 0 radical (unpaired) electrons. The van der Waals surface area contributed by atoms with Crippen molar-refractivity contribution in [1.29, 1.82) is 0 Å². The average molecular weight is 340 g/mol. The molecule has 0 fully saturated rings. The standard InChI is InChI=1S/C15H14ClNO4S/c1-7-13(9(3)18)8(2)17-14(7)10(19)6-21-15(20)11-4-5-12(16)22-11/h4-5,17H,6H2,1-3H3. The van der Waals surface area contributed by atoms with Crippen molar-refractivity contribution in [3.8, 4) is 0 Å². The summed E-state index contributed by atoms with van der Waals surface area (Å²) in [6.07, 6.45) is 0. The molecule has 2 aromatic heterocycles. The van der Waals surface area contributed by atoms with Crippen LogP contribution >= 0.6 is 22.9 Å². The second-order valence-electron chi connectivity index (χ2n) is 4.78. The molecular formula is C15H14ClNO4S. The van der Waals surface area contributed by atoms with E-state index in [2.05, 4.69) is 4.98 Å². The van der Waals surface area contributed by atoms with Crippen LogP contribution in [0.25, 0.3) is 0 Å². The lowest BCUT2D eigenvalue weighted by Crippen LogP contribution is -2.15. The van der Waals surface area contributed by atoms with Crippen LogP contribution in [0, 0.1) is 13.8 Å². The first kappa shape index (κ1) is 16.5. The van der Waals surface area contributed by atoms with E-state index in [9.17, 15) is 14.4 Å². The Labute approximate surface area is 136 Å². The maximum absolute atomic E-state index is 12.2. The first-order valence-corrected chi connectivity index (χ1v) is 7.66. The number of H-pyrrole nitrogens is 1. The molecule has 0 aliphatic rings. The highest BCUT2D eigenvalue weighted by Gasteiger charge is 2.21. The van der Waals surface area contributed by atoms with Crippen LogP contribution in [0.5, 0.6) is 0 Å². The van der Waals surface area contributed by atoms with Gasteiger partial charge in [0.05, 0.1) is 10.0 Å². The molecule has 2 rings (SSSR count). The second kappa shape index (κ2) is 6.46. The fraction of sp³-hybridized carbons (Fsp3) is 0.267. The summed E-state index contributed by atoms with van der Waals surface area (Å²) in [5.74, 6) is -1.10. The Bertz CT molecular complexity index is 760. The first-order chi connectivity index (χ1) is 10.3. The van der Waals surface area contributed by atoms with Crippen LogP contribution in [0.4, 0.5) is 0 Å². The van der Waals surface area contributed by atoms with E-state index in [1.165, 1.54) is 13.0 Å². The summed E-state index contributed by atoms with van der Waals surface area (Å²) in [5.41, 5.74) is 1.99. The molecule has 0 aliphatic carbocycles. The molecule has 0 atom stereocenters. The van der Waals surface area contributed by atoms with Gasteiger partial charge >= 0.3 is 5.97 Å². The monoisotopic (exact) mass is 339 g/mol. The van der Waals surface area contributed by atoms with Crippen molar-refractivity contribution in [2.24, 2.45) is 0 Å². The van der Waals surface area contributed by atoms with Crippen LogP contribution in [0.15, 0.2) is 12.1 Å². The van der Waals surface area contributed by atoms with Crippen molar-refractivity contribution in [1.82, 2.24) is 4.98 Å². The molecule has 1 N–H and O–H groups in total. The summed E-state index contributed by atoms with van der Waals surface area (Å²) in [7, 11) is 0. The molecule has 22 heavy (non-hydrogen) atoms. The number of aromatic amines is 1. The van der Waals surface area contributed by atoms with E-state index in [1.807, 2.05) is 0 Å². The van der Waals surface area contributed by atoms with E-state index < -0.39 is 12.6 Å². The highest BCUT2D eigenvalue weighted by molar-refractivity contribution is 7.17. The summed E-state index contributed by atoms with van der Waals surface area (Å²) in [4.78, 5) is 38.7. The Hall–Kier alpha value is -1.92. The molecule has 0 saturated carbocycles. The molecule has 0 bridgehead atoms. The van der Waals surface area contributed by atoms with Gasteiger partial charge < -0.3 is 9.72 Å². The number of hydrogen-bond donors (Lipinski definition) is 1. The second-order valence-corrected chi connectivity index (χ2v) is 6.50. The maximum atomic E-state index is 12.2. The van der Waals surface area contributed by atoms with E-state index in [0.29, 0.717) is 31.7 Å². The summed E-state index contributed by atoms with van der Waals surface area (Å²) < 4.78 is 5.45. The fourth-order valence-electron chi connectivity index (χ4n) is 2.26. The van der Waals surface area contributed by atoms with Crippen LogP contribution in [0.2, 0.25) is 4.34 Å². The lowest BCUT2D eigenvalue weighted by Gasteiger charge is -2.03. The number of hydrogen-bond acceptors (Lipinski definition) is 5. The predicted octanol–water partition coefficient (Wildman–Crippen LogP) is 3.59. The predicted molar refractivity (Wildman–Crippen MR) is 84.2 cm³/mol. The van der Waals surface area contributed by atoms with Crippen LogP contribution < -0.4 is 0 Å². The fourth-order valence-corrected chi connectivity index (χ4v) is 3.19. The Morgan fingerprint density at radius 2 is 1.95 bits per heavy atom. The summed E-state index contributed by atoms with van der Waals surface area (Å²) in [6, 6.07) is 3.12. The Balaban J connectivity index is 2.09. The zero-order valence-corrected chi connectivity index (χ0v) is 13.9. The molecule has 0 saturated heterocycles. The molecule has 116 valence electrons. The van der Waals surface area contributed by atoms with Crippen molar-refractivity contribution < 1.29 is 19.1 Å². The Morgan fingerprint density at radius 1 is 1.27 bits per heavy atom. The van der Waals surface area contributed by atoms with Gasteiger partial charge in [0.2, 0.25) is 5.78 Å². The number of ether oxygens (including phenoxy) is 1. The Morgan fingerprint density at radius 3 is 2.45 bits per heavy atom. The quantitative estimate of drug-likeness (QED) is 0.667. The van der Waals surface area contributed by atoms with Gasteiger partial charge in [-0.3, -0.25) is 9.59 Å². The zero-order valence-electron chi connectivity index (χ0n) is 12.3. The number of aromatic nitrogens is 1. The highest BCUT2D eigenvalue weighted by Crippen LogP contribution is 2.22. The number of carbonyl (C=O) groups excluding carboxylic acids is 3. The molecule has 0 amide bonds. The molecular weight excluding hydrogens is 326 g/mol. The highest BCUT2D eigenvalue weighted by atomic mass is 35.5. The number of thiophene rings is 1. The molecule has 2 heterocycles. The Kier molecular flexibility index (Phi) is 4.83. The third kappa shape index (κ3) is 3.28. The number of Topliss-reactive ketones (excluding diaryl/α,β-unsaturated/α-hetero) is 2. The van der Waals surface area contributed by atoms with Gasteiger partial charge in [-0.15, -0.1) is 11.3 Å². The van der Waals surface area contributed by atoms with E-state index in [4.69, 9.17) is 16.3 Å². The minimum Gasteiger partial charge on any atom is -0.453 e. The van der Waals surface area contributed by atoms with Crippen LogP contribution in [-0.4, -0.2) is 29.1 Å². The van der Waals surface area contributed by atoms with Gasteiger partial charge in [-0.2, -0.15) is 0 Å². The van der Waals surface area contributed by atoms with Crippen molar-refractivity contribution in [3.05, 3.63) is 43.9 Å². The average Bonchev–Trinajstić information content (AvgIpc) is 2.99. The third-order valence-electron chi connectivity index (χ3n) is 3.18. The van der Waals surface area contributed by atoms with Crippen molar-refractivity contribution in [2.45, 2.75) is 20.8 Å². The summed E-state index contributed by atoms with van der Waals surface area (Å²) >= 11 is 6.82. The van der Waals surface area contributed by atoms with Crippen LogP contribution in [0.3, 0.4) is 0 Å². The van der Waals surface area contributed by atoms with Crippen LogP contribution in [0.1, 0.15) is 48.7 Å². The number of ketones is 2. The molecule has 7 heteroatoms. The van der Waals surface area contributed by atoms with Crippen molar-refractivity contribution in [3.63, 3.8) is 0 Å².